The molecule has 1 heterocycles. The second-order valence-electron chi connectivity index (χ2n) is 3.68. The number of nitrogens with zero attached hydrogens (tertiary/aromatic N) is 2. The summed E-state index contributed by atoms with van der Waals surface area (Å²) in [6.45, 7) is 2.54. The van der Waals surface area contributed by atoms with Crippen LogP contribution in [0.15, 0.2) is 18.2 Å². The van der Waals surface area contributed by atoms with Gasteiger partial charge in [-0.15, -0.1) is 0 Å². The molecule has 1 aromatic heterocycles. The summed E-state index contributed by atoms with van der Waals surface area (Å²) in [4.78, 5) is 0. The summed E-state index contributed by atoms with van der Waals surface area (Å²) in [5.41, 5.74) is 4.08. The highest BCUT2D eigenvalue weighted by molar-refractivity contribution is 7.71. The van der Waals surface area contributed by atoms with Crippen molar-refractivity contribution in [3.8, 4) is 0 Å². The van der Waals surface area contributed by atoms with Gasteiger partial charge in [-0.05, 0) is 23.8 Å². The quantitative estimate of drug-likeness (QED) is 0.849. The monoisotopic (exact) mass is 302 g/mol. The Balaban J connectivity index is 2.19. The zero-order chi connectivity index (χ0) is 13.1. The van der Waals surface area contributed by atoms with Gasteiger partial charge < -0.3 is 5.43 Å². The van der Waals surface area contributed by atoms with Gasteiger partial charge in [-0.1, -0.05) is 42.3 Å². The molecule has 0 saturated carbocycles. The molecule has 0 spiro atoms. The Morgan fingerprint density at radius 2 is 2.22 bits per heavy atom. The summed E-state index contributed by atoms with van der Waals surface area (Å²) >= 11 is 17.2. The molecule has 4 nitrogen and oxygen atoms in total. The van der Waals surface area contributed by atoms with Gasteiger partial charge in [-0.3, -0.25) is 5.10 Å². The van der Waals surface area contributed by atoms with E-state index in [1.807, 2.05) is 19.1 Å². The van der Waals surface area contributed by atoms with Crippen molar-refractivity contribution in [2.45, 2.75) is 19.9 Å². The molecule has 0 bridgehead atoms. The molecule has 2 N–H and O–H groups in total. The van der Waals surface area contributed by atoms with Crippen molar-refractivity contribution in [3.05, 3.63) is 44.4 Å². The van der Waals surface area contributed by atoms with E-state index >= 15 is 0 Å². The number of aryl methyl sites for hydroxylation is 1. The van der Waals surface area contributed by atoms with Crippen LogP contribution in [-0.4, -0.2) is 14.9 Å². The highest BCUT2D eigenvalue weighted by Gasteiger charge is 2.06. The molecule has 18 heavy (non-hydrogen) atoms. The first kappa shape index (κ1) is 13.4. The predicted molar refractivity (Wildman–Crippen MR) is 76.3 cm³/mol. The van der Waals surface area contributed by atoms with Crippen molar-refractivity contribution < 1.29 is 0 Å². The van der Waals surface area contributed by atoms with Gasteiger partial charge in [-0.2, -0.15) is 5.10 Å². The van der Waals surface area contributed by atoms with Crippen LogP contribution in [0.25, 0.3) is 0 Å². The fraction of sp³-hybridized carbons (Fsp3) is 0.273. The van der Waals surface area contributed by atoms with E-state index in [9.17, 15) is 0 Å². The highest BCUT2D eigenvalue weighted by atomic mass is 35.5. The van der Waals surface area contributed by atoms with Gasteiger partial charge in [-0.25, -0.2) is 4.68 Å². The Hall–Kier alpha value is -1.04. The first-order valence-corrected chi connectivity index (χ1v) is 6.63. The van der Waals surface area contributed by atoms with Crippen molar-refractivity contribution in [3.63, 3.8) is 0 Å². The Kier molecular flexibility index (Phi) is 4.27. The zero-order valence-electron chi connectivity index (χ0n) is 9.70. The average Bonchev–Trinajstić information content (AvgIpc) is 2.72. The van der Waals surface area contributed by atoms with Crippen LogP contribution in [0.1, 0.15) is 18.3 Å². The molecule has 0 radical (unpaired) electrons. The molecule has 96 valence electrons. The lowest BCUT2D eigenvalue weighted by atomic mass is 10.2. The zero-order valence-corrected chi connectivity index (χ0v) is 12.0. The van der Waals surface area contributed by atoms with Crippen molar-refractivity contribution in [1.29, 1.82) is 0 Å². The van der Waals surface area contributed by atoms with E-state index in [1.165, 1.54) is 0 Å². The van der Waals surface area contributed by atoms with Crippen LogP contribution in [0.2, 0.25) is 10.0 Å². The largest absolute Gasteiger partial charge is 0.318 e. The lowest BCUT2D eigenvalue weighted by molar-refractivity contribution is 0.763. The molecule has 0 aliphatic rings. The third kappa shape index (κ3) is 2.68. The molecule has 2 rings (SSSR count). The number of benzene rings is 1. The summed E-state index contributed by atoms with van der Waals surface area (Å²) in [6.07, 6.45) is 0.781. The van der Waals surface area contributed by atoms with Crippen LogP contribution >= 0.6 is 35.4 Å². The molecule has 0 saturated heterocycles. The summed E-state index contributed by atoms with van der Waals surface area (Å²) in [7, 11) is 0. The van der Waals surface area contributed by atoms with Gasteiger partial charge in [0.2, 0.25) is 4.77 Å². The van der Waals surface area contributed by atoms with Crippen LogP contribution < -0.4 is 5.43 Å². The molecule has 2 aromatic rings. The Labute approximate surface area is 120 Å². The highest BCUT2D eigenvalue weighted by Crippen LogP contribution is 2.25. The molecule has 0 amide bonds. The number of hydrogen-bond donors (Lipinski definition) is 2. The molecule has 0 unspecified atom stereocenters. The van der Waals surface area contributed by atoms with Crippen molar-refractivity contribution in [2.24, 2.45) is 0 Å². The smallest absolute Gasteiger partial charge is 0.214 e. The Morgan fingerprint density at radius 3 is 2.94 bits per heavy atom. The van der Waals surface area contributed by atoms with Crippen LogP contribution in [0.3, 0.4) is 0 Å². The maximum absolute atomic E-state index is 6.12. The predicted octanol–water partition coefficient (Wildman–Crippen LogP) is 3.55. The lowest BCUT2D eigenvalue weighted by Crippen LogP contribution is -2.17. The minimum atomic E-state index is 0.528. The van der Waals surface area contributed by atoms with Crippen LogP contribution in [-0.2, 0) is 13.0 Å². The number of rotatable bonds is 4. The maximum Gasteiger partial charge on any atom is 0.214 e. The van der Waals surface area contributed by atoms with Crippen LogP contribution in [0, 0.1) is 4.77 Å². The summed E-state index contributed by atoms with van der Waals surface area (Å²) in [6, 6.07) is 5.53. The second-order valence-corrected chi connectivity index (χ2v) is 4.85. The standard InChI is InChI=1S/C11H12Cl2N4S/c1-2-9-15-16-11(18)17(9)14-6-7-4-3-5-8(12)10(7)13/h3-5,14H,2,6H2,1H3,(H,16,18). The lowest BCUT2D eigenvalue weighted by Gasteiger charge is -2.10. The van der Waals surface area contributed by atoms with E-state index in [1.54, 1.807) is 10.7 Å². The third-order valence-corrected chi connectivity index (χ3v) is 3.65. The van der Waals surface area contributed by atoms with Crippen molar-refractivity contribution in [1.82, 2.24) is 14.9 Å². The first-order valence-electron chi connectivity index (χ1n) is 5.46. The van der Waals surface area contributed by atoms with Crippen molar-refractivity contribution >= 4 is 35.4 Å². The molecule has 0 atom stereocenters. The molecular weight excluding hydrogens is 291 g/mol. The van der Waals surface area contributed by atoms with E-state index in [4.69, 9.17) is 35.4 Å². The number of halogens is 2. The first-order chi connectivity index (χ1) is 8.63. The molecule has 7 heteroatoms. The number of nitrogens with one attached hydrogen (secondary N) is 2. The van der Waals surface area contributed by atoms with E-state index in [0.717, 1.165) is 17.8 Å². The van der Waals surface area contributed by atoms with E-state index in [2.05, 4.69) is 15.6 Å². The summed E-state index contributed by atoms with van der Waals surface area (Å²) in [5.74, 6) is 0.846. The Bertz CT molecular complexity index is 605. The topological polar surface area (TPSA) is 45.6 Å². The fourth-order valence-corrected chi connectivity index (χ4v) is 2.18. The number of hydrogen-bond acceptors (Lipinski definition) is 3. The van der Waals surface area contributed by atoms with Gasteiger partial charge >= 0.3 is 0 Å². The fourth-order valence-electron chi connectivity index (χ4n) is 1.58. The van der Waals surface area contributed by atoms with Gasteiger partial charge in [0.1, 0.15) is 0 Å². The minimum Gasteiger partial charge on any atom is -0.318 e. The SMILES string of the molecule is CCc1n[nH]c(=S)n1NCc1cccc(Cl)c1Cl. The van der Waals surface area contributed by atoms with E-state index in [-0.39, 0.29) is 0 Å². The number of aromatic nitrogens is 3. The van der Waals surface area contributed by atoms with Crippen molar-refractivity contribution in [2.75, 3.05) is 5.43 Å². The molecule has 0 aliphatic carbocycles. The molecule has 0 aliphatic heterocycles. The average molecular weight is 303 g/mol. The maximum atomic E-state index is 6.12. The van der Waals surface area contributed by atoms with Gasteiger partial charge in [0.25, 0.3) is 0 Å². The van der Waals surface area contributed by atoms with Crippen LogP contribution in [0.4, 0.5) is 0 Å². The molecule has 1 aromatic carbocycles. The van der Waals surface area contributed by atoms with Crippen LogP contribution in [0.5, 0.6) is 0 Å². The molecule has 0 fully saturated rings. The Morgan fingerprint density at radius 1 is 1.44 bits per heavy atom. The van der Waals surface area contributed by atoms with Gasteiger partial charge in [0.05, 0.1) is 16.6 Å². The number of aromatic amines is 1. The van der Waals surface area contributed by atoms with Gasteiger partial charge in [0.15, 0.2) is 5.82 Å². The third-order valence-electron chi connectivity index (χ3n) is 2.52. The minimum absolute atomic E-state index is 0.528. The molecular formula is C11H12Cl2N4S. The second kappa shape index (κ2) is 5.73. The summed E-state index contributed by atoms with van der Waals surface area (Å²) < 4.78 is 2.28. The summed E-state index contributed by atoms with van der Waals surface area (Å²) in [5, 5.41) is 7.95. The van der Waals surface area contributed by atoms with E-state index in [0.29, 0.717) is 21.4 Å². The number of H-pyrrole nitrogens is 1. The van der Waals surface area contributed by atoms with Gasteiger partial charge in [0, 0.05) is 6.42 Å². The normalized spacial score (nSPS) is 10.6. The van der Waals surface area contributed by atoms with E-state index < -0.39 is 0 Å².